The van der Waals surface area contributed by atoms with E-state index in [0.717, 1.165) is 38.3 Å². The number of amides is 1. The summed E-state index contributed by atoms with van der Waals surface area (Å²) in [4.78, 5) is 16.1. The van der Waals surface area contributed by atoms with E-state index in [1.54, 1.807) is 0 Å². The van der Waals surface area contributed by atoms with Gasteiger partial charge in [0.2, 0.25) is 5.91 Å². The summed E-state index contributed by atoms with van der Waals surface area (Å²) in [6.07, 6.45) is 4.88. The van der Waals surface area contributed by atoms with Crippen molar-refractivity contribution in [2.45, 2.75) is 58.9 Å². The quantitative estimate of drug-likeness (QED) is 0.494. The normalized spacial score (nSPS) is 18.3. The van der Waals surface area contributed by atoms with Gasteiger partial charge < -0.3 is 16.0 Å². The van der Waals surface area contributed by atoms with Gasteiger partial charge in [-0.25, -0.2) is 0 Å². The third-order valence-electron chi connectivity index (χ3n) is 4.78. The van der Waals surface area contributed by atoms with Crippen molar-refractivity contribution in [1.29, 1.82) is 0 Å². The van der Waals surface area contributed by atoms with Gasteiger partial charge >= 0.3 is 0 Å². The number of aryl methyl sites for hydroxylation is 1. The van der Waals surface area contributed by atoms with E-state index in [-0.39, 0.29) is 17.4 Å². The summed E-state index contributed by atoms with van der Waals surface area (Å²) in [5.41, 5.74) is 1.57. The van der Waals surface area contributed by atoms with Gasteiger partial charge in [0, 0.05) is 32.1 Å². The Hall–Kier alpha value is -2.04. The fourth-order valence-electron chi connectivity index (χ4n) is 3.16. The Balaban J connectivity index is 1.80. The number of hydrogen-bond donors (Lipinski definition) is 3. The number of piperidine rings is 1. The maximum atomic E-state index is 11.3. The summed E-state index contributed by atoms with van der Waals surface area (Å²) in [7, 11) is 0. The molecule has 1 saturated heterocycles. The molecular weight excluding hydrogens is 324 g/mol. The van der Waals surface area contributed by atoms with Gasteiger partial charge in [-0.15, -0.1) is 0 Å². The highest BCUT2D eigenvalue weighted by atomic mass is 16.1. The first-order chi connectivity index (χ1) is 12.5. The predicted molar refractivity (Wildman–Crippen MR) is 108 cm³/mol. The first-order valence-corrected chi connectivity index (χ1v) is 9.84. The molecule has 1 unspecified atom stereocenters. The number of carbonyl (C=O) groups excluding carboxylic acids is 1. The van der Waals surface area contributed by atoms with Crippen LogP contribution in [0.1, 0.15) is 52.0 Å². The highest BCUT2D eigenvalue weighted by molar-refractivity contribution is 5.81. The Labute approximate surface area is 158 Å². The molecule has 1 aromatic carbocycles. The zero-order chi connectivity index (χ0) is 18.8. The molecule has 144 valence electrons. The van der Waals surface area contributed by atoms with Crippen molar-refractivity contribution in [3.63, 3.8) is 0 Å². The standard InChI is InChI=1S/C21H34N4O/c1-4-22-20(25-18-12-13-19(26)23-15-18)24-16-21(2,3)14-8-11-17-9-6-5-7-10-17/h5-7,9-10,18H,4,8,11-16H2,1-3H3,(H,23,26)(H2,22,24,25). The van der Waals surface area contributed by atoms with Crippen LogP contribution >= 0.6 is 0 Å². The SMILES string of the molecule is CCNC(=NCC(C)(C)CCCc1ccccc1)NC1CCC(=O)NC1. The number of aliphatic imine (C=N–C) groups is 1. The molecule has 0 spiro atoms. The van der Waals surface area contributed by atoms with Gasteiger partial charge in [-0.05, 0) is 43.6 Å². The molecule has 1 amide bonds. The fourth-order valence-corrected chi connectivity index (χ4v) is 3.16. The van der Waals surface area contributed by atoms with Crippen molar-refractivity contribution in [2.24, 2.45) is 10.4 Å². The number of benzene rings is 1. The average molecular weight is 359 g/mol. The zero-order valence-corrected chi connectivity index (χ0v) is 16.5. The Morgan fingerprint density at radius 3 is 2.73 bits per heavy atom. The second kappa shape index (κ2) is 10.2. The van der Waals surface area contributed by atoms with Crippen LogP contribution in [0.2, 0.25) is 0 Å². The summed E-state index contributed by atoms with van der Waals surface area (Å²) in [5.74, 6) is 0.995. The summed E-state index contributed by atoms with van der Waals surface area (Å²) < 4.78 is 0. The lowest BCUT2D eigenvalue weighted by molar-refractivity contribution is -0.122. The maximum Gasteiger partial charge on any atom is 0.220 e. The van der Waals surface area contributed by atoms with Gasteiger partial charge in [-0.2, -0.15) is 0 Å². The van der Waals surface area contributed by atoms with Crippen molar-refractivity contribution in [3.8, 4) is 0 Å². The van der Waals surface area contributed by atoms with E-state index in [2.05, 4.69) is 67.1 Å². The molecule has 1 aliphatic rings. The Kier molecular flexibility index (Phi) is 7.95. The third-order valence-corrected chi connectivity index (χ3v) is 4.78. The van der Waals surface area contributed by atoms with Crippen LogP contribution in [0.3, 0.4) is 0 Å². The topological polar surface area (TPSA) is 65.5 Å². The number of nitrogens with one attached hydrogen (secondary N) is 3. The minimum atomic E-state index is 0.143. The molecule has 0 bridgehead atoms. The highest BCUT2D eigenvalue weighted by Crippen LogP contribution is 2.24. The molecule has 5 heteroatoms. The molecule has 1 aromatic rings. The largest absolute Gasteiger partial charge is 0.357 e. The molecule has 5 nitrogen and oxygen atoms in total. The average Bonchev–Trinajstić information content (AvgIpc) is 2.63. The summed E-state index contributed by atoms with van der Waals surface area (Å²) in [6, 6.07) is 10.9. The lowest BCUT2D eigenvalue weighted by Gasteiger charge is -2.27. The number of nitrogens with zero attached hydrogens (tertiary/aromatic N) is 1. The Bertz CT molecular complexity index is 573. The number of carbonyl (C=O) groups is 1. The van der Waals surface area contributed by atoms with E-state index in [1.165, 1.54) is 12.0 Å². The van der Waals surface area contributed by atoms with E-state index < -0.39 is 0 Å². The van der Waals surface area contributed by atoms with E-state index >= 15 is 0 Å². The third kappa shape index (κ3) is 7.46. The van der Waals surface area contributed by atoms with Crippen LogP contribution < -0.4 is 16.0 Å². The monoisotopic (exact) mass is 358 g/mol. The van der Waals surface area contributed by atoms with E-state index in [4.69, 9.17) is 4.99 Å². The highest BCUT2D eigenvalue weighted by Gasteiger charge is 2.20. The van der Waals surface area contributed by atoms with Crippen LogP contribution in [-0.2, 0) is 11.2 Å². The molecule has 3 N–H and O–H groups in total. The Morgan fingerprint density at radius 2 is 2.08 bits per heavy atom. The number of rotatable bonds is 8. The molecule has 0 radical (unpaired) electrons. The lowest BCUT2D eigenvalue weighted by Crippen LogP contribution is -2.51. The van der Waals surface area contributed by atoms with Crippen molar-refractivity contribution in [1.82, 2.24) is 16.0 Å². The van der Waals surface area contributed by atoms with Crippen LogP contribution in [0.5, 0.6) is 0 Å². The minimum absolute atomic E-state index is 0.143. The van der Waals surface area contributed by atoms with Crippen molar-refractivity contribution in [2.75, 3.05) is 19.6 Å². The van der Waals surface area contributed by atoms with Crippen molar-refractivity contribution < 1.29 is 4.79 Å². The smallest absolute Gasteiger partial charge is 0.220 e. The molecular formula is C21H34N4O. The molecule has 0 aliphatic carbocycles. The van der Waals surface area contributed by atoms with Gasteiger partial charge in [0.05, 0.1) is 0 Å². The van der Waals surface area contributed by atoms with Crippen LogP contribution in [0, 0.1) is 5.41 Å². The van der Waals surface area contributed by atoms with E-state index in [0.29, 0.717) is 13.0 Å². The van der Waals surface area contributed by atoms with Gasteiger partial charge in [-0.1, -0.05) is 44.2 Å². The van der Waals surface area contributed by atoms with Crippen LogP contribution in [0.4, 0.5) is 0 Å². The van der Waals surface area contributed by atoms with Crippen molar-refractivity contribution >= 4 is 11.9 Å². The van der Waals surface area contributed by atoms with E-state index in [1.807, 2.05) is 0 Å². The summed E-state index contributed by atoms with van der Waals surface area (Å²) >= 11 is 0. The number of guanidine groups is 1. The maximum absolute atomic E-state index is 11.3. The van der Waals surface area contributed by atoms with Crippen LogP contribution in [0.15, 0.2) is 35.3 Å². The van der Waals surface area contributed by atoms with E-state index in [9.17, 15) is 4.79 Å². The minimum Gasteiger partial charge on any atom is -0.357 e. The number of hydrogen-bond acceptors (Lipinski definition) is 2. The van der Waals surface area contributed by atoms with Gasteiger partial charge in [-0.3, -0.25) is 9.79 Å². The second-order valence-corrected chi connectivity index (χ2v) is 7.88. The molecule has 2 rings (SSSR count). The lowest BCUT2D eigenvalue weighted by atomic mass is 9.86. The second-order valence-electron chi connectivity index (χ2n) is 7.88. The predicted octanol–water partition coefficient (Wildman–Crippen LogP) is 2.87. The zero-order valence-electron chi connectivity index (χ0n) is 16.5. The summed E-state index contributed by atoms with van der Waals surface area (Å²) in [6.45, 7) is 8.93. The molecule has 1 fully saturated rings. The Morgan fingerprint density at radius 1 is 1.31 bits per heavy atom. The molecule has 1 atom stereocenters. The molecule has 26 heavy (non-hydrogen) atoms. The summed E-state index contributed by atoms with van der Waals surface area (Å²) in [5, 5.41) is 9.69. The molecule has 1 aliphatic heterocycles. The van der Waals surface area contributed by atoms with Gasteiger partial charge in [0.15, 0.2) is 5.96 Å². The van der Waals surface area contributed by atoms with Gasteiger partial charge in [0.25, 0.3) is 0 Å². The molecule has 0 saturated carbocycles. The first kappa shape index (κ1) is 20.3. The fraction of sp³-hybridized carbons (Fsp3) is 0.619. The van der Waals surface area contributed by atoms with Crippen LogP contribution in [-0.4, -0.2) is 37.5 Å². The first-order valence-electron chi connectivity index (χ1n) is 9.84. The van der Waals surface area contributed by atoms with Crippen molar-refractivity contribution in [3.05, 3.63) is 35.9 Å². The van der Waals surface area contributed by atoms with Crippen LogP contribution in [0.25, 0.3) is 0 Å². The molecule has 0 aromatic heterocycles. The molecule has 1 heterocycles. The van der Waals surface area contributed by atoms with Gasteiger partial charge in [0.1, 0.15) is 0 Å².